The van der Waals surface area contributed by atoms with Crippen LogP contribution in [0.5, 0.6) is 0 Å². The first-order valence-electron chi connectivity index (χ1n) is 9.83. The van der Waals surface area contributed by atoms with Crippen molar-refractivity contribution in [2.75, 3.05) is 34.3 Å². The molecule has 0 aliphatic heterocycles. The van der Waals surface area contributed by atoms with Crippen LogP contribution in [-0.2, 0) is 16.1 Å². The van der Waals surface area contributed by atoms with Crippen LogP contribution >= 0.6 is 0 Å². The quantitative estimate of drug-likeness (QED) is 0.425. The summed E-state index contributed by atoms with van der Waals surface area (Å²) in [6.07, 6.45) is 3.99. The lowest BCUT2D eigenvalue weighted by Gasteiger charge is -2.31. The summed E-state index contributed by atoms with van der Waals surface area (Å²) in [6, 6.07) is 7.21. The van der Waals surface area contributed by atoms with Crippen LogP contribution in [0.3, 0.4) is 0 Å². The van der Waals surface area contributed by atoms with Gasteiger partial charge in [-0.2, -0.15) is 0 Å². The van der Waals surface area contributed by atoms with Gasteiger partial charge in [-0.25, -0.2) is 9.79 Å². The molecular formula is C21H32N4O3. The van der Waals surface area contributed by atoms with E-state index in [4.69, 9.17) is 4.74 Å². The maximum Gasteiger partial charge on any atom is 0.337 e. The normalized spacial score (nSPS) is 15.8. The lowest BCUT2D eigenvalue weighted by molar-refractivity contribution is -0.138. The molecular weight excluding hydrogens is 356 g/mol. The molecule has 0 unspecified atom stereocenters. The number of hydrogen-bond acceptors (Lipinski definition) is 4. The van der Waals surface area contributed by atoms with Crippen LogP contribution in [0.25, 0.3) is 0 Å². The van der Waals surface area contributed by atoms with E-state index in [0.29, 0.717) is 24.6 Å². The molecule has 0 aromatic heterocycles. The summed E-state index contributed by atoms with van der Waals surface area (Å²) in [5.74, 6) is 0.529. The van der Waals surface area contributed by atoms with Gasteiger partial charge < -0.3 is 20.3 Å². The molecule has 1 aliphatic carbocycles. The van der Waals surface area contributed by atoms with Crippen molar-refractivity contribution in [3.8, 4) is 0 Å². The molecule has 2 N–H and O–H groups in total. The third-order valence-electron chi connectivity index (χ3n) is 5.15. The summed E-state index contributed by atoms with van der Waals surface area (Å²) in [5.41, 5.74) is 1.16. The average Bonchev–Trinajstić information content (AvgIpc) is 3.19. The van der Waals surface area contributed by atoms with Gasteiger partial charge in [-0.1, -0.05) is 25.0 Å². The van der Waals surface area contributed by atoms with Gasteiger partial charge in [0, 0.05) is 27.2 Å². The number of carbonyl (C=O) groups excluding carboxylic acids is 2. The van der Waals surface area contributed by atoms with E-state index in [-0.39, 0.29) is 17.3 Å². The molecule has 28 heavy (non-hydrogen) atoms. The minimum absolute atomic E-state index is 0.187. The Labute approximate surface area is 167 Å². The number of guanidine groups is 1. The summed E-state index contributed by atoms with van der Waals surface area (Å²) in [4.78, 5) is 30.6. The van der Waals surface area contributed by atoms with Crippen LogP contribution in [0.15, 0.2) is 29.3 Å². The maximum atomic E-state index is 12.7. The third-order valence-corrected chi connectivity index (χ3v) is 5.15. The molecule has 0 atom stereocenters. The molecule has 7 nitrogen and oxygen atoms in total. The van der Waals surface area contributed by atoms with Crippen LogP contribution in [-0.4, -0.2) is 57.0 Å². The number of ether oxygens (including phenoxy) is 1. The lowest BCUT2D eigenvalue weighted by atomic mass is 9.84. The standard InChI is InChI=1S/C21H32N4O3/c1-5-22-20(23-14-16-8-10-17(11-9-16)18(26)28-4)24-15-21(12-6-7-13-21)19(27)25(2)3/h8-11H,5-7,12-15H2,1-4H3,(H2,22,23,24). The number of methoxy groups -OCH3 is 1. The number of rotatable bonds is 7. The van der Waals surface area contributed by atoms with E-state index in [0.717, 1.165) is 37.8 Å². The largest absolute Gasteiger partial charge is 0.465 e. The Kier molecular flexibility index (Phi) is 7.84. The smallest absolute Gasteiger partial charge is 0.337 e. The highest BCUT2D eigenvalue weighted by molar-refractivity contribution is 5.89. The Bertz CT molecular complexity index is 692. The second-order valence-corrected chi connectivity index (χ2v) is 7.42. The minimum Gasteiger partial charge on any atom is -0.465 e. The number of benzene rings is 1. The predicted octanol–water partition coefficient (Wildman–Crippen LogP) is 2.18. The first kappa shape index (κ1) is 21.7. The highest BCUT2D eigenvalue weighted by Gasteiger charge is 2.42. The fourth-order valence-electron chi connectivity index (χ4n) is 3.62. The fourth-order valence-corrected chi connectivity index (χ4v) is 3.62. The van der Waals surface area contributed by atoms with Crippen LogP contribution in [0.4, 0.5) is 0 Å². The van der Waals surface area contributed by atoms with Gasteiger partial charge in [0.1, 0.15) is 0 Å². The van der Waals surface area contributed by atoms with Crippen molar-refractivity contribution in [2.45, 2.75) is 39.2 Å². The molecule has 0 radical (unpaired) electrons. The van der Waals surface area contributed by atoms with Gasteiger partial charge >= 0.3 is 5.97 Å². The van der Waals surface area contributed by atoms with Crippen molar-refractivity contribution in [3.63, 3.8) is 0 Å². The van der Waals surface area contributed by atoms with Gasteiger partial charge in [0.2, 0.25) is 5.91 Å². The van der Waals surface area contributed by atoms with E-state index in [2.05, 4.69) is 15.6 Å². The summed E-state index contributed by atoms with van der Waals surface area (Å²) in [5, 5.41) is 6.61. The van der Waals surface area contributed by atoms with E-state index in [1.807, 2.05) is 33.2 Å². The Hall–Kier alpha value is -2.57. The van der Waals surface area contributed by atoms with E-state index in [1.165, 1.54) is 7.11 Å². The molecule has 1 amide bonds. The van der Waals surface area contributed by atoms with Crippen LogP contribution in [0.2, 0.25) is 0 Å². The van der Waals surface area contributed by atoms with Crippen LogP contribution < -0.4 is 10.6 Å². The first-order valence-corrected chi connectivity index (χ1v) is 9.83. The van der Waals surface area contributed by atoms with Gasteiger partial charge in [0.05, 0.1) is 24.6 Å². The Morgan fingerprint density at radius 2 is 1.79 bits per heavy atom. The van der Waals surface area contributed by atoms with Gasteiger partial charge in [-0.3, -0.25) is 4.79 Å². The van der Waals surface area contributed by atoms with Gasteiger partial charge in [-0.05, 0) is 37.5 Å². The number of nitrogens with zero attached hydrogens (tertiary/aromatic N) is 2. The second kappa shape index (κ2) is 10.1. The maximum absolute atomic E-state index is 12.7. The molecule has 1 saturated carbocycles. The zero-order valence-corrected chi connectivity index (χ0v) is 17.4. The molecule has 1 aromatic rings. The molecule has 0 spiro atoms. The Morgan fingerprint density at radius 3 is 2.32 bits per heavy atom. The second-order valence-electron chi connectivity index (χ2n) is 7.42. The topological polar surface area (TPSA) is 83.0 Å². The first-order chi connectivity index (χ1) is 13.4. The number of esters is 1. The SMILES string of the molecule is CCNC(=NCc1ccc(C(=O)OC)cc1)NCC1(C(=O)N(C)C)CCCC1. The predicted molar refractivity (Wildman–Crippen MR) is 110 cm³/mol. The van der Waals surface area contributed by atoms with E-state index in [1.54, 1.807) is 17.0 Å². The monoisotopic (exact) mass is 388 g/mol. The van der Waals surface area contributed by atoms with Crippen LogP contribution in [0, 0.1) is 5.41 Å². The molecule has 1 aliphatic rings. The van der Waals surface area contributed by atoms with Gasteiger partial charge in [0.25, 0.3) is 0 Å². The molecule has 0 bridgehead atoms. The molecule has 7 heteroatoms. The van der Waals surface area contributed by atoms with E-state index >= 15 is 0 Å². The van der Waals surface area contributed by atoms with Crippen molar-refractivity contribution < 1.29 is 14.3 Å². The average molecular weight is 389 g/mol. The van der Waals surface area contributed by atoms with Crippen molar-refractivity contribution in [1.29, 1.82) is 0 Å². The number of hydrogen-bond donors (Lipinski definition) is 2. The number of nitrogens with one attached hydrogen (secondary N) is 2. The molecule has 2 rings (SSSR count). The zero-order chi connectivity index (χ0) is 20.6. The highest BCUT2D eigenvalue weighted by atomic mass is 16.5. The summed E-state index contributed by atoms with van der Waals surface area (Å²) >= 11 is 0. The molecule has 1 aromatic carbocycles. The summed E-state index contributed by atoms with van der Waals surface area (Å²) in [6.45, 7) is 3.81. The van der Waals surface area contributed by atoms with Gasteiger partial charge in [0.15, 0.2) is 5.96 Å². The molecule has 0 heterocycles. The lowest BCUT2D eigenvalue weighted by Crippen LogP contribution is -2.49. The molecule has 0 saturated heterocycles. The van der Waals surface area contributed by atoms with Crippen molar-refractivity contribution in [1.82, 2.24) is 15.5 Å². The minimum atomic E-state index is -0.350. The Balaban J connectivity index is 2.03. The summed E-state index contributed by atoms with van der Waals surface area (Å²) in [7, 11) is 5.01. The highest BCUT2D eigenvalue weighted by Crippen LogP contribution is 2.38. The summed E-state index contributed by atoms with van der Waals surface area (Å²) < 4.78 is 4.71. The van der Waals surface area contributed by atoms with Crippen molar-refractivity contribution in [3.05, 3.63) is 35.4 Å². The van der Waals surface area contributed by atoms with Crippen molar-refractivity contribution in [2.24, 2.45) is 10.4 Å². The number of amides is 1. The van der Waals surface area contributed by atoms with E-state index < -0.39 is 0 Å². The number of aliphatic imine (C=N–C) groups is 1. The molecule has 1 fully saturated rings. The van der Waals surface area contributed by atoms with Crippen LogP contribution in [0.1, 0.15) is 48.5 Å². The third kappa shape index (κ3) is 5.47. The van der Waals surface area contributed by atoms with E-state index in [9.17, 15) is 9.59 Å². The van der Waals surface area contributed by atoms with Crippen molar-refractivity contribution >= 4 is 17.8 Å². The zero-order valence-electron chi connectivity index (χ0n) is 17.4. The molecule has 154 valence electrons. The fraction of sp³-hybridized carbons (Fsp3) is 0.571. The Morgan fingerprint density at radius 1 is 1.14 bits per heavy atom. The number of carbonyl (C=O) groups is 2. The van der Waals surface area contributed by atoms with Gasteiger partial charge in [-0.15, -0.1) is 0 Å².